The Morgan fingerprint density at radius 3 is 2.42 bits per heavy atom. The zero-order chi connectivity index (χ0) is 17.9. The number of benzene rings is 2. The predicted octanol–water partition coefficient (Wildman–Crippen LogP) is 2.70. The molecule has 1 saturated heterocycles. The molecular formula is C20H19N5O. The van der Waals surface area contributed by atoms with E-state index in [1.54, 1.807) is 0 Å². The lowest BCUT2D eigenvalue weighted by atomic mass is 10.2. The number of hydrogen-bond acceptors (Lipinski definition) is 5. The molecular weight excluding hydrogens is 326 g/mol. The van der Waals surface area contributed by atoms with Crippen LogP contribution in [0.15, 0.2) is 60.9 Å². The van der Waals surface area contributed by atoms with Crippen LogP contribution in [-0.4, -0.2) is 40.5 Å². The topological polar surface area (TPSA) is 62.2 Å². The molecule has 2 heterocycles. The van der Waals surface area contributed by atoms with Gasteiger partial charge in [0.1, 0.15) is 12.9 Å². The molecule has 1 amide bonds. The minimum Gasteiger partial charge on any atom is -0.330 e. The number of aryl methyl sites for hydroxylation is 1. The normalized spacial score (nSPS) is 14.6. The number of hydrogen-bond donors (Lipinski definition) is 0. The Bertz CT molecular complexity index is 911. The van der Waals surface area contributed by atoms with Crippen molar-refractivity contribution in [2.45, 2.75) is 6.92 Å². The fourth-order valence-electron chi connectivity index (χ4n) is 3.01. The second kappa shape index (κ2) is 6.92. The summed E-state index contributed by atoms with van der Waals surface area (Å²) in [6, 6.07) is 17.8. The van der Waals surface area contributed by atoms with E-state index in [0.717, 1.165) is 11.3 Å². The van der Waals surface area contributed by atoms with Gasteiger partial charge in [-0.1, -0.05) is 48.0 Å². The van der Waals surface area contributed by atoms with Crippen molar-refractivity contribution in [3.8, 4) is 11.4 Å². The van der Waals surface area contributed by atoms with Crippen LogP contribution < -0.4 is 9.80 Å². The van der Waals surface area contributed by atoms with E-state index in [1.807, 2.05) is 71.3 Å². The maximum Gasteiger partial charge on any atom is 0.246 e. The predicted molar refractivity (Wildman–Crippen MR) is 101 cm³/mol. The Kier molecular flexibility index (Phi) is 4.31. The number of piperazine rings is 1. The molecule has 26 heavy (non-hydrogen) atoms. The van der Waals surface area contributed by atoms with Crippen LogP contribution in [0.25, 0.3) is 11.4 Å². The third kappa shape index (κ3) is 3.26. The summed E-state index contributed by atoms with van der Waals surface area (Å²) in [6.45, 7) is 3.58. The van der Waals surface area contributed by atoms with Crippen LogP contribution in [-0.2, 0) is 4.79 Å². The number of anilines is 2. The van der Waals surface area contributed by atoms with E-state index in [0.29, 0.717) is 24.9 Å². The summed E-state index contributed by atoms with van der Waals surface area (Å²) in [5, 5.41) is 0. The van der Waals surface area contributed by atoms with E-state index in [2.05, 4.69) is 15.0 Å². The third-order valence-corrected chi connectivity index (χ3v) is 4.44. The fraction of sp³-hybridized carbons (Fsp3) is 0.200. The second-order valence-corrected chi connectivity index (χ2v) is 6.28. The van der Waals surface area contributed by atoms with Gasteiger partial charge >= 0.3 is 0 Å². The molecule has 6 nitrogen and oxygen atoms in total. The average Bonchev–Trinajstić information content (AvgIpc) is 2.69. The number of aromatic nitrogens is 3. The van der Waals surface area contributed by atoms with Crippen molar-refractivity contribution >= 4 is 17.5 Å². The van der Waals surface area contributed by atoms with Crippen LogP contribution in [0.4, 0.5) is 11.6 Å². The van der Waals surface area contributed by atoms with Gasteiger partial charge in [0, 0.05) is 24.3 Å². The van der Waals surface area contributed by atoms with Gasteiger partial charge in [-0.05, 0) is 19.1 Å². The van der Waals surface area contributed by atoms with E-state index in [-0.39, 0.29) is 12.5 Å². The highest BCUT2D eigenvalue weighted by molar-refractivity contribution is 5.97. The molecule has 0 aliphatic carbocycles. The molecule has 0 radical (unpaired) electrons. The summed E-state index contributed by atoms with van der Waals surface area (Å²) in [5.74, 6) is 1.20. The highest BCUT2D eigenvalue weighted by Gasteiger charge is 2.26. The van der Waals surface area contributed by atoms with Crippen molar-refractivity contribution in [3.63, 3.8) is 0 Å². The smallest absolute Gasteiger partial charge is 0.246 e. The molecule has 6 heteroatoms. The Balaban J connectivity index is 1.52. The highest BCUT2D eigenvalue weighted by atomic mass is 16.2. The maximum atomic E-state index is 12.6. The minimum atomic E-state index is 0.0433. The molecule has 0 unspecified atom stereocenters. The summed E-state index contributed by atoms with van der Waals surface area (Å²) >= 11 is 0. The number of carbonyl (C=O) groups excluding carboxylic acids is 1. The van der Waals surface area contributed by atoms with Gasteiger partial charge in [-0.15, -0.1) is 0 Å². The van der Waals surface area contributed by atoms with Crippen molar-refractivity contribution in [1.82, 2.24) is 15.0 Å². The molecule has 0 atom stereocenters. The Hall–Kier alpha value is -3.28. The lowest BCUT2D eigenvalue weighted by Gasteiger charge is -2.34. The van der Waals surface area contributed by atoms with Crippen molar-refractivity contribution in [2.75, 3.05) is 29.4 Å². The van der Waals surface area contributed by atoms with E-state index in [4.69, 9.17) is 0 Å². The molecule has 0 N–H and O–H groups in total. The monoisotopic (exact) mass is 345 g/mol. The van der Waals surface area contributed by atoms with Crippen LogP contribution in [0.1, 0.15) is 5.56 Å². The summed E-state index contributed by atoms with van der Waals surface area (Å²) in [4.78, 5) is 29.4. The van der Waals surface area contributed by atoms with Gasteiger partial charge in [0.05, 0.1) is 0 Å². The lowest BCUT2D eigenvalue weighted by Crippen LogP contribution is -2.51. The first-order chi connectivity index (χ1) is 12.7. The zero-order valence-corrected chi connectivity index (χ0v) is 14.5. The van der Waals surface area contributed by atoms with E-state index >= 15 is 0 Å². The van der Waals surface area contributed by atoms with Crippen molar-refractivity contribution in [1.29, 1.82) is 0 Å². The first-order valence-electron chi connectivity index (χ1n) is 8.57. The molecule has 130 valence electrons. The van der Waals surface area contributed by atoms with Gasteiger partial charge in [0.2, 0.25) is 11.9 Å². The minimum absolute atomic E-state index is 0.0433. The molecule has 0 saturated carbocycles. The number of nitrogens with zero attached hydrogens (tertiary/aromatic N) is 5. The standard InChI is InChI=1S/C20H19N5O/c1-15-7-9-17(10-8-15)25-12-11-24(13-18(25)26)20-22-14-21-19(23-20)16-5-3-2-4-6-16/h2-10,14H,11-13H2,1H3. The average molecular weight is 345 g/mol. The molecule has 4 rings (SSSR count). The molecule has 1 aromatic heterocycles. The zero-order valence-electron chi connectivity index (χ0n) is 14.5. The molecule has 3 aromatic rings. The maximum absolute atomic E-state index is 12.6. The number of rotatable bonds is 3. The quantitative estimate of drug-likeness (QED) is 0.730. The first-order valence-corrected chi connectivity index (χ1v) is 8.57. The Morgan fingerprint density at radius 1 is 0.923 bits per heavy atom. The number of amides is 1. The van der Waals surface area contributed by atoms with Crippen LogP contribution >= 0.6 is 0 Å². The van der Waals surface area contributed by atoms with Gasteiger partial charge in [-0.25, -0.2) is 9.97 Å². The van der Waals surface area contributed by atoms with Gasteiger partial charge in [-0.2, -0.15) is 4.98 Å². The van der Waals surface area contributed by atoms with Crippen LogP contribution in [0, 0.1) is 6.92 Å². The van der Waals surface area contributed by atoms with Gasteiger partial charge < -0.3 is 9.80 Å². The van der Waals surface area contributed by atoms with Gasteiger partial charge in [0.15, 0.2) is 5.82 Å². The molecule has 1 fully saturated rings. The van der Waals surface area contributed by atoms with Gasteiger partial charge in [0.25, 0.3) is 0 Å². The highest BCUT2D eigenvalue weighted by Crippen LogP contribution is 2.21. The molecule has 2 aromatic carbocycles. The second-order valence-electron chi connectivity index (χ2n) is 6.28. The van der Waals surface area contributed by atoms with Crippen molar-refractivity contribution < 1.29 is 4.79 Å². The molecule has 0 bridgehead atoms. The summed E-state index contributed by atoms with van der Waals surface area (Å²) in [6.07, 6.45) is 1.50. The third-order valence-electron chi connectivity index (χ3n) is 4.44. The van der Waals surface area contributed by atoms with Gasteiger partial charge in [-0.3, -0.25) is 4.79 Å². The van der Waals surface area contributed by atoms with Crippen molar-refractivity contribution in [2.24, 2.45) is 0 Å². The fourth-order valence-corrected chi connectivity index (χ4v) is 3.01. The van der Waals surface area contributed by atoms with Crippen molar-refractivity contribution in [3.05, 3.63) is 66.5 Å². The molecule has 1 aliphatic heterocycles. The molecule has 0 spiro atoms. The number of carbonyl (C=O) groups is 1. The van der Waals surface area contributed by atoms with Crippen LogP contribution in [0.3, 0.4) is 0 Å². The van der Waals surface area contributed by atoms with E-state index in [9.17, 15) is 4.79 Å². The SMILES string of the molecule is Cc1ccc(N2CCN(c3ncnc(-c4ccccc4)n3)CC2=O)cc1. The Morgan fingerprint density at radius 2 is 1.69 bits per heavy atom. The Labute approximate surface area is 152 Å². The first kappa shape index (κ1) is 16.2. The molecule has 1 aliphatic rings. The van der Waals surface area contributed by atoms with Crippen LogP contribution in [0.5, 0.6) is 0 Å². The lowest BCUT2D eigenvalue weighted by molar-refractivity contribution is -0.117. The summed E-state index contributed by atoms with van der Waals surface area (Å²) in [5.41, 5.74) is 3.04. The summed E-state index contributed by atoms with van der Waals surface area (Å²) in [7, 11) is 0. The summed E-state index contributed by atoms with van der Waals surface area (Å²) < 4.78 is 0. The van der Waals surface area contributed by atoms with Crippen LogP contribution in [0.2, 0.25) is 0 Å². The largest absolute Gasteiger partial charge is 0.330 e. The van der Waals surface area contributed by atoms with E-state index in [1.165, 1.54) is 11.9 Å². The van der Waals surface area contributed by atoms with E-state index < -0.39 is 0 Å².